The van der Waals surface area contributed by atoms with Crippen LogP contribution in [0, 0.1) is 0 Å². The zero-order valence-corrected chi connectivity index (χ0v) is 20.0. The van der Waals surface area contributed by atoms with Crippen molar-refractivity contribution >= 4 is 27.5 Å². The van der Waals surface area contributed by atoms with Crippen molar-refractivity contribution in [1.29, 1.82) is 0 Å². The van der Waals surface area contributed by atoms with Gasteiger partial charge in [-0.15, -0.1) is 0 Å². The lowest BCUT2D eigenvalue weighted by Crippen LogP contribution is -2.49. The molecule has 1 saturated heterocycles. The summed E-state index contributed by atoms with van der Waals surface area (Å²) >= 11 is 0. The van der Waals surface area contributed by atoms with Crippen molar-refractivity contribution in [2.75, 3.05) is 38.1 Å². The van der Waals surface area contributed by atoms with Gasteiger partial charge in [0.25, 0.3) is 5.91 Å². The molecule has 3 aromatic carbocycles. The van der Waals surface area contributed by atoms with Gasteiger partial charge >= 0.3 is 0 Å². The second-order valence-electron chi connectivity index (χ2n) is 8.18. The van der Waals surface area contributed by atoms with Crippen LogP contribution in [0.2, 0.25) is 0 Å². The van der Waals surface area contributed by atoms with Crippen molar-refractivity contribution in [3.8, 4) is 11.1 Å². The third-order valence-corrected chi connectivity index (χ3v) is 7.99. The molecule has 4 rings (SSSR count). The molecular weight excluding hydrogens is 450 g/mol. The Hall–Kier alpha value is -3.49. The molecule has 8 heteroatoms. The quantitative estimate of drug-likeness (QED) is 0.564. The summed E-state index contributed by atoms with van der Waals surface area (Å²) in [4.78, 5) is 28.1. The van der Waals surface area contributed by atoms with Crippen LogP contribution >= 0.6 is 0 Å². The number of para-hydroxylation sites is 1. The maximum atomic E-state index is 13.2. The highest BCUT2D eigenvalue weighted by atomic mass is 32.2. The van der Waals surface area contributed by atoms with Crippen LogP contribution in [0.1, 0.15) is 17.3 Å². The van der Waals surface area contributed by atoms with Crippen molar-refractivity contribution in [1.82, 2.24) is 9.21 Å². The number of benzene rings is 3. The highest BCUT2D eigenvalue weighted by Crippen LogP contribution is 2.31. The summed E-state index contributed by atoms with van der Waals surface area (Å²) in [5.41, 5.74) is 3.09. The number of carbonyl (C=O) groups is 2. The van der Waals surface area contributed by atoms with Crippen LogP contribution in [0.4, 0.5) is 5.69 Å². The maximum absolute atomic E-state index is 13.2. The number of hydrogen-bond acceptors (Lipinski definition) is 4. The molecule has 1 aliphatic heterocycles. The largest absolute Gasteiger partial charge is 0.340 e. The molecule has 0 N–H and O–H groups in total. The van der Waals surface area contributed by atoms with Crippen LogP contribution in [-0.2, 0) is 14.8 Å². The summed E-state index contributed by atoms with van der Waals surface area (Å²) in [5.74, 6) is -0.291. The third kappa shape index (κ3) is 4.73. The van der Waals surface area contributed by atoms with Crippen LogP contribution < -0.4 is 4.90 Å². The molecule has 176 valence electrons. The number of nitrogens with zero attached hydrogens (tertiary/aromatic N) is 3. The molecule has 0 bridgehead atoms. The van der Waals surface area contributed by atoms with Gasteiger partial charge in [-0.25, -0.2) is 8.42 Å². The SMILES string of the molecule is CC(=O)N1CCN(S(=O)(=O)c2ccc(C(=O)N(C)c3ccccc3-c3ccccc3)cc2)CC1. The number of carbonyl (C=O) groups excluding carboxylic acids is 2. The Bertz CT molecular complexity index is 1280. The maximum Gasteiger partial charge on any atom is 0.258 e. The molecule has 1 fully saturated rings. The Kier molecular flexibility index (Phi) is 6.81. The van der Waals surface area contributed by atoms with E-state index in [4.69, 9.17) is 0 Å². The van der Waals surface area contributed by atoms with Gasteiger partial charge in [-0.3, -0.25) is 9.59 Å². The molecule has 2 amide bonds. The Morgan fingerprint density at radius 2 is 1.38 bits per heavy atom. The van der Waals surface area contributed by atoms with Gasteiger partial charge in [-0.2, -0.15) is 4.31 Å². The molecule has 7 nitrogen and oxygen atoms in total. The summed E-state index contributed by atoms with van der Waals surface area (Å²) in [7, 11) is -1.99. The molecule has 0 unspecified atom stereocenters. The van der Waals surface area contributed by atoms with E-state index >= 15 is 0 Å². The Morgan fingerprint density at radius 1 is 0.794 bits per heavy atom. The van der Waals surface area contributed by atoms with E-state index in [-0.39, 0.29) is 29.8 Å². The van der Waals surface area contributed by atoms with Crippen LogP contribution in [0.3, 0.4) is 0 Å². The molecule has 0 saturated carbocycles. The van der Waals surface area contributed by atoms with Gasteiger partial charge in [0.05, 0.1) is 10.6 Å². The molecular formula is C26H27N3O4S. The monoisotopic (exact) mass is 477 g/mol. The second-order valence-corrected chi connectivity index (χ2v) is 10.1. The van der Waals surface area contributed by atoms with Crippen LogP contribution in [0.15, 0.2) is 83.8 Å². The molecule has 0 atom stereocenters. The Labute approximate surface area is 200 Å². The normalized spacial score (nSPS) is 14.6. The molecule has 1 heterocycles. The number of amides is 2. The smallest absolute Gasteiger partial charge is 0.258 e. The van der Waals surface area contributed by atoms with Crippen LogP contribution in [0.5, 0.6) is 0 Å². The lowest BCUT2D eigenvalue weighted by molar-refractivity contribution is -0.129. The number of anilines is 1. The van der Waals surface area contributed by atoms with E-state index in [1.165, 1.54) is 23.4 Å². The minimum atomic E-state index is -3.70. The van der Waals surface area contributed by atoms with E-state index in [0.29, 0.717) is 18.7 Å². The summed E-state index contributed by atoms with van der Waals surface area (Å²) in [6, 6.07) is 23.5. The summed E-state index contributed by atoms with van der Waals surface area (Å²) < 4.78 is 27.4. The van der Waals surface area contributed by atoms with Crippen molar-refractivity contribution in [3.05, 3.63) is 84.4 Å². The summed E-state index contributed by atoms with van der Waals surface area (Å²) in [5, 5.41) is 0. The van der Waals surface area contributed by atoms with Crippen molar-refractivity contribution in [2.24, 2.45) is 0 Å². The average Bonchev–Trinajstić information content (AvgIpc) is 2.88. The van der Waals surface area contributed by atoms with Crippen molar-refractivity contribution < 1.29 is 18.0 Å². The first-order chi connectivity index (χ1) is 16.3. The van der Waals surface area contributed by atoms with Gasteiger partial charge in [0.1, 0.15) is 0 Å². The topological polar surface area (TPSA) is 78.0 Å². The van der Waals surface area contributed by atoms with Gasteiger partial charge in [0.15, 0.2) is 0 Å². The molecule has 1 aliphatic rings. The first-order valence-corrected chi connectivity index (χ1v) is 12.5. The fourth-order valence-corrected chi connectivity index (χ4v) is 5.52. The predicted octanol–water partition coefficient (Wildman–Crippen LogP) is 3.48. The van der Waals surface area contributed by atoms with E-state index in [0.717, 1.165) is 16.8 Å². The number of piperazine rings is 1. The zero-order valence-electron chi connectivity index (χ0n) is 19.2. The van der Waals surface area contributed by atoms with Crippen molar-refractivity contribution in [2.45, 2.75) is 11.8 Å². The van der Waals surface area contributed by atoms with Crippen LogP contribution in [-0.4, -0.2) is 62.7 Å². The molecule has 0 aromatic heterocycles. The average molecular weight is 478 g/mol. The van der Waals surface area contributed by atoms with E-state index in [1.54, 1.807) is 29.0 Å². The predicted molar refractivity (Wildman–Crippen MR) is 132 cm³/mol. The molecule has 34 heavy (non-hydrogen) atoms. The molecule has 0 aliphatic carbocycles. The molecule has 0 radical (unpaired) electrons. The lowest BCUT2D eigenvalue weighted by Gasteiger charge is -2.33. The van der Waals surface area contributed by atoms with Crippen LogP contribution in [0.25, 0.3) is 11.1 Å². The highest BCUT2D eigenvalue weighted by molar-refractivity contribution is 7.89. The van der Waals surface area contributed by atoms with E-state index < -0.39 is 10.0 Å². The lowest BCUT2D eigenvalue weighted by atomic mass is 10.0. The molecule has 3 aromatic rings. The van der Waals surface area contributed by atoms with Gasteiger partial charge in [-0.05, 0) is 35.9 Å². The third-order valence-electron chi connectivity index (χ3n) is 6.08. The highest BCUT2D eigenvalue weighted by Gasteiger charge is 2.29. The standard InChI is InChI=1S/C26H27N3O4S/c1-20(30)28-16-18-29(19-17-28)34(32,33)23-14-12-22(13-15-23)26(31)27(2)25-11-7-6-10-24(25)21-8-4-3-5-9-21/h3-15H,16-19H2,1-2H3. The minimum Gasteiger partial charge on any atom is -0.340 e. The Morgan fingerprint density at radius 3 is 2.00 bits per heavy atom. The van der Waals surface area contributed by atoms with Gasteiger partial charge in [0, 0.05) is 51.3 Å². The minimum absolute atomic E-state index is 0.0575. The van der Waals surface area contributed by atoms with E-state index in [2.05, 4.69) is 0 Å². The zero-order chi connectivity index (χ0) is 24.3. The fraction of sp³-hybridized carbons (Fsp3) is 0.231. The van der Waals surface area contributed by atoms with Crippen molar-refractivity contribution in [3.63, 3.8) is 0 Å². The number of sulfonamides is 1. The Balaban J connectivity index is 1.53. The summed E-state index contributed by atoms with van der Waals surface area (Å²) in [6.07, 6.45) is 0. The first kappa shape index (κ1) is 23.7. The summed E-state index contributed by atoms with van der Waals surface area (Å²) in [6.45, 7) is 2.73. The van der Waals surface area contributed by atoms with E-state index in [9.17, 15) is 18.0 Å². The molecule has 0 spiro atoms. The number of hydrogen-bond donors (Lipinski definition) is 0. The van der Waals surface area contributed by atoms with E-state index in [1.807, 2.05) is 54.6 Å². The second kappa shape index (κ2) is 9.79. The number of rotatable bonds is 5. The van der Waals surface area contributed by atoms with Gasteiger partial charge < -0.3 is 9.80 Å². The van der Waals surface area contributed by atoms with Gasteiger partial charge in [-0.1, -0.05) is 48.5 Å². The fourth-order valence-electron chi connectivity index (χ4n) is 4.09. The first-order valence-electron chi connectivity index (χ1n) is 11.1. The van der Waals surface area contributed by atoms with Gasteiger partial charge in [0.2, 0.25) is 15.9 Å².